The molecular weight excluding hydrogens is 288 g/mol. The Hall–Kier alpha value is -1.04. The van der Waals surface area contributed by atoms with Crippen molar-refractivity contribution in [2.75, 3.05) is 0 Å². The van der Waals surface area contributed by atoms with Gasteiger partial charge >= 0.3 is 0 Å². The van der Waals surface area contributed by atoms with E-state index in [0.29, 0.717) is 11.8 Å². The van der Waals surface area contributed by atoms with Crippen molar-refractivity contribution < 1.29 is 0 Å². The Morgan fingerprint density at radius 1 is 0.500 bits per heavy atom. The number of rotatable bonds is 7. The molecule has 0 amide bonds. The van der Waals surface area contributed by atoms with Gasteiger partial charge in [0.1, 0.15) is 0 Å². The lowest BCUT2D eigenvalue weighted by molar-refractivity contribution is 0.603. The van der Waals surface area contributed by atoms with E-state index in [2.05, 4.69) is 55.4 Å². The summed E-state index contributed by atoms with van der Waals surface area (Å²) < 4.78 is 0. The quantitative estimate of drug-likeness (QED) is 0.417. The molecule has 0 aromatic rings. The van der Waals surface area contributed by atoms with Crippen LogP contribution in [0.5, 0.6) is 0 Å². The van der Waals surface area contributed by atoms with Crippen molar-refractivity contribution in [1.82, 2.24) is 0 Å². The van der Waals surface area contributed by atoms with E-state index in [9.17, 15) is 0 Å². The lowest BCUT2D eigenvalue weighted by Gasteiger charge is -2.14. The van der Waals surface area contributed by atoms with E-state index in [1.54, 1.807) is 44.6 Å². The van der Waals surface area contributed by atoms with E-state index in [0.717, 1.165) is 0 Å². The van der Waals surface area contributed by atoms with E-state index < -0.39 is 0 Å². The fraction of sp³-hybridized carbons (Fsp3) is 0.667. The molecule has 0 bridgehead atoms. The lowest BCUT2D eigenvalue weighted by Crippen LogP contribution is -1.99. The summed E-state index contributed by atoms with van der Waals surface area (Å²) in [5.41, 5.74) is 12.9. The summed E-state index contributed by atoms with van der Waals surface area (Å²) >= 11 is 0. The number of hydrogen-bond donors (Lipinski definition) is 0. The van der Waals surface area contributed by atoms with Crippen LogP contribution in [0, 0.1) is 11.8 Å². The van der Waals surface area contributed by atoms with Gasteiger partial charge in [0.2, 0.25) is 0 Å². The molecule has 0 heterocycles. The van der Waals surface area contributed by atoms with Crippen molar-refractivity contribution in [1.29, 1.82) is 0 Å². The van der Waals surface area contributed by atoms with Crippen molar-refractivity contribution in [3.8, 4) is 0 Å². The molecule has 0 aliphatic heterocycles. The van der Waals surface area contributed by atoms with Crippen molar-refractivity contribution in [2.24, 2.45) is 11.8 Å². The zero-order valence-electron chi connectivity index (χ0n) is 17.4. The molecule has 0 aromatic heterocycles. The molecule has 0 saturated carbocycles. The smallest absolute Gasteiger partial charge is 0.00126 e. The second-order valence-corrected chi connectivity index (χ2v) is 8.27. The minimum atomic E-state index is 0.689. The highest BCUT2D eigenvalue weighted by molar-refractivity contribution is 5.47. The molecule has 24 heavy (non-hydrogen) atoms. The molecule has 2 unspecified atom stereocenters. The molecular formula is C24H38. The van der Waals surface area contributed by atoms with Gasteiger partial charge in [-0.2, -0.15) is 0 Å². The predicted octanol–water partition coefficient (Wildman–Crippen LogP) is 7.93. The molecule has 0 aromatic carbocycles. The van der Waals surface area contributed by atoms with E-state index in [-0.39, 0.29) is 0 Å². The van der Waals surface area contributed by atoms with Crippen molar-refractivity contribution in [3.63, 3.8) is 0 Å². The maximum atomic E-state index is 2.39. The molecule has 0 saturated heterocycles. The first-order valence-electron chi connectivity index (χ1n) is 10.0. The number of allylic oxidation sites excluding steroid dienone is 8. The second-order valence-electron chi connectivity index (χ2n) is 8.27. The van der Waals surface area contributed by atoms with Gasteiger partial charge in [-0.25, -0.2) is 0 Å². The van der Waals surface area contributed by atoms with Crippen molar-refractivity contribution in [3.05, 3.63) is 44.6 Å². The summed E-state index contributed by atoms with van der Waals surface area (Å²) in [5.74, 6) is 1.38. The Morgan fingerprint density at radius 2 is 0.833 bits per heavy atom. The number of hydrogen-bond acceptors (Lipinski definition) is 0. The lowest BCUT2D eigenvalue weighted by atomic mass is 9.91. The minimum Gasteiger partial charge on any atom is -0.0632 e. The van der Waals surface area contributed by atoms with Gasteiger partial charge in [-0.05, 0) is 101 Å². The molecule has 0 heteroatoms. The summed E-state index contributed by atoms with van der Waals surface area (Å²) in [5, 5.41) is 0. The zero-order valence-corrected chi connectivity index (χ0v) is 17.4. The van der Waals surface area contributed by atoms with Gasteiger partial charge in [0.15, 0.2) is 0 Å². The summed E-state index contributed by atoms with van der Waals surface area (Å²) in [4.78, 5) is 0. The molecule has 0 N–H and O–H groups in total. The largest absolute Gasteiger partial charge is 0.0632 e. The van der Waals surface area contributed by atoms with Gasteiger partial charge in [0, 0.05) is 0 Å². The maximum absolute atomic E-state index is 2.39. The number of unbranched alkanes of at least 4 members (excludes halogenated alkanes) is 3. The molecule has 0 radical (unpaired) electrons. The van der Waals surface area contributed by atoms with Crippen LogP contribution < -0.4 is 0 Å². The molecule has 0 nitrogen and oxygen atoms in total. The summed E-state index contributed by atoms with van der Waals surface area (Å²) in [6, 6.07) is 0. The molecule has 2 aliphatic carbocycles. The third kappa shape index (κ3) is 3.63. The fourth-order valence-electron chi connectivity index (χ4n) is 4.69. The Kier molecular flexibility index (Phi) is 6.34. The second kappa shape index (κ2) is 7.89. The van der Waals surface area contributed by atoms with E-state index in [4.69, 9.17) is 0 Å². The van der Waals surface area contributed by atoms with Gasteiger partial charge in [0.25, 0.3) is 0 Å². The highest BCUT2D eigenvalue weighted by Crippen LogP contribution is 2.40. The Bertz CT molecular complexity index is 562. The Labute approximate surface area is 150 Å². The first kappa shape index (κ1) is 19.3. The van der Waals surface area contributed by atoms with Crippen LogP contribution in [0.3, 0.4) is 0 Å². The monoisotopic (exact) mass is 326 g/mol. The molecule has 0 fully saturated rings. The van der Waals surface area contributed by atoms with Crippen LogP contribution in [-0.2, 0) is 0 Å². The maximum Gasteiger partial charge on any atom is -0.00126 e. The Balaban J connectivity index is 1.71. The zero-order chi connectivity index (χ0) is 18.0. The topological polar surface area (TPSA) is 0 Å². The Morgan fingerprint density at radius 3 is 1.08 bits per heavy atom. The van der Waals surface area contributed by atoms with Crippen molar-refractivity contribution in [2.45, 2.75) is 93.9 Å². The standard InChI is InChI=1S/C24H38/c1-15-16(2)20(6)23(19(15)5)13-11-9-10-12-14-24-21(7)17(3)18(4)22(24)8/h19,21H,9-14H2,1-8H3. The van der Waals surface area contributed by atoms with Crippen LogP contribution in [0.1, 0.15) is 93.9 Å². The van der Waals surface area contributed by atoms with Crippen LogP contribution in [0.15, 0.2) is 44.6 Å². The van der Waals surface area contributed by atoms with E-state index >= 15 is 0 Å². The third-order valence-electron chi connectivity index (χ3n) is 7.26. The van der Waals surface area contributed by atoms with Gasteiger partial charge in [0.05, 0.1) is 0 Å². The molecule has 2 atom stereocenters. The summed E-state index contributed by atoms with van der Waals surface area (Å²) in [6.45, 7) is 18.6. The summed E-state index contributed by atoms with van der Waals surface area (Å²) in [7, 11) is 0. The third-order valence-corrected chi connectivity index (χ3v) is 7.26. The average molecular weight is 327 g/mol. The fourth-order valence-corrected chi connectivity index (χ4v) is 4.69. The molecule has 2 aliphatic rings. The van der Waals surface area contributed by atoms with E-state index in [1.165, 1.54) is 38.5 Å². The molecule has 134 valence electrons. The van der Waals surface area contributed by atoms with Gasteiger partial charge in [-0.15, -0.1) is 0 Å². The highest BCUT2D eigenvalue weighted by atomic mass is 14.3. The van der Waals surface area contributed by atoms with Gasteiger partial charge in [-0.3, -0.25) is 0 Å². The van der Waals surface area contributed by atoms with Crippen LogP contribution in [0.25, 0.3) is 0 Å². The van der Waals surface area contributed by atoms with Crippen LogP contribution in [0.2, 0.25) is 0 Å². The predicted molar refractivity (Wildman–Crippen MR) is 108 cm³/mol. The highest BCUT2D eigenvalue weighted by Gasteiger charge is 2.23. The first-order chi connectivity index (χ1) is 11.3. The molecule has 0 spiro atoms. The van der Waals surface area contributed by atoms with Gasteiger partial charge < -0.3 is 0 Å². The minimum absolute atomic E-state index is 0.689. The van der Waals surface area contributed by atoms with Crippen molar-refractivity contribution >= 4 is 0 Å². The first-order valence-corrected chi connectivity index (χ1v) is 10.0. The van der Waals surface area contributed by atoms with E-state index in [1.807, 2.05) is 0 Å². The van der Waals surface area contributed by atoms with Crippen LogP contribution in [-0.4, -0.2) is 0 Å². The van der Waals surface area contributed by atoms with Crippen LogP contribution >= 0.6 is 0 Å². The SMILES string of the molecule is CC1=C(C)C(C)C(CCCCCCC2=C(C)C(C)=C(C)C2C)=C1C. The van der Waals surface area contributed by atoms with Crippen LogP contribution in [0.4, 0.5) is 0 Å². The average Bonchev–Trinajstić information content (AvgIpc) is 2.86. The summed E-state index contributed by atoms with van der Waals surface area (Å²) in [6.07, 6.45) is 8.10. The normalized spacial score (nSPS) is 25.0. The molecule has 2 rings (SSSR count). The van der Waals surface area contributed by atoms with Gasteiger partial charge in [-0.1, -0.05) is 49.0 Å².